The fourth-order valence-electron chi connectivity index (χ4n) is 4.06. The highest BCUT2D eigenvalue weighted by Crippen LogP contribution is 2.31. The second-order valence-electron chi connectivity index (χ2n) is 8.42. The summed E-state index contributed by atoms with van der Waals surface area (Å²) in [4.78, 5) is 32.7. The van der Waals surface area contributed by atoms with Crippen molar-refractivity contribution in [2.45, 2.75) is 25.7 Å². The van der Waals surface area contributed by atoms with Crippen molar-refractivity contribution >= 4 is 17.4 Å². The third kappa shape index (κ3) is 5.48. The van der Waals surface area contributed by atoms with E-state index >= 15 is 0 Å². The summed E-state index contributed by atoms with van der Waals surface area (Å²) in [6.07, 6.45) is 0.949. The van der Waals surface area contributed by atoms with Crippen LogP contribution in [-0.2, 0) is 12.7 Å². The Kier molecular flexibility index (Phi) is 6.96. The van der Waals surface area contributed by atoms with Gasteiger partial charge in [-0.05, 0) is 25.1 Å². The maximum atomic E-state index is 13.3. The summed E-state index contributed by atoms with van der Waals surface area (Å²) in [5.74, 6) is 0.609. The van der Waals surface area contributed by atoms with Crippen LogP contribution in [0.2, 0.25) is 0 Å². The number of rotatable bonds is 6. The molecule has 0 aromatic carbocycles. The van der Waals surface area contributed by atoms with Gasteiger partial charge in [0.1, 0.15) is 17.5 Å². The molecule has 4 heterocycles. The van der Waals surface area contributed by atoms with Crippen LogP contribution < -0.4 is 15.8 Å². The summed E-state index contributed by atoms with van der Waals surface area (Å²) in [5, 5.41) is 16.8. The van der Waals surface area contributed by atoms with Crippen LogP contribution in [0, 0.1) is 11.3 Å². The number of carbonyl (C=O) groups is 1. The monoisotopic (exact) mass is 500 g/mol. The molecule has 0 saturated carbocycles. The van der Waals surface area contributed by atoms with E-state index in [0.29, 0.717) is 37.3 Å². The zero-order valence-electron chi connectivity index (χ0n) is 19.3. The number of amides is 1. The van der Waals surface area contributed by atoms with Gasteiger partial charge < -0.3 is 19.7 Å². The van der Waals surface area contributed by atoms with E-state index in [-0.39, 0.29) is 12.5 Å². The van der Waals surface area contributed by atoms with Gasteiger partial charge in [-0.1, -0.05) is 0 Å². The van der Waals surface area contributed by atoms with Gasteiger partial charge in [-0.25, -0.2) is 10.1 Å². The highest BCUT2D eigenvalue weighted by molar-refractivity contribution is 5.94. The van der Waals surface area contributed by atoms with Gasteiger partial charge in [0.05, 0.1) is 23.0 Å². The molecular weight excluding hydrogens is 477 g/mol. The topological polar surface area (TPSA) is 123 Å². The maximum absolute atomic E-state index is 13.3. The predicted octanol–water partition coefficient (Wildman–Crippen LogP) is 2.32. The summed E-state index contributed by atoms with van der Waals surface area (Å²) in [7, 11) is 0. The molecule has 0 unspecified atom stereocenters. The van der Waals surface area contributed by atoms with Crippen molar-refractivity contribution in [2.24, 2.45) is 0 Å². The first-order valence-electron chi connectivity index (χ1n) is 11.1. The van der Waals surface area contributed by atoms with Crippen LogP contribution in [0.3, 0.4) is 0 Å². The number of nitriles is 1. The molecule has 1 atom stereocenters. The first-order valence-corrected chi connectivity index (χ1v) is 11.1. The van der Waals surface area contributed by atoms with Crippen LogP contribution in [0.5, 0.6) is 0 Å². The number of pyridine rings is 1. The average molecular weight is 500 g/mol. The van der Waals surface area contributed by atoms with E-state index in [2.05, 4.69) is 15.4 Å². The van der Waals surface area contributed by atoms with Crippen molar-refractivity contribution in [3.8, 4) is 6.07 Å². The molecule has 1 fully saturated rings. The third-order valence-electron chi connectivity index (χ3n) is 5.79. The largest absolute Gasteiger partial charge is 0.423 e. The number of nitrogens with zero attached hydrogens (tertiary/aromatic N) is 6. The normalized spacial score (nSPS) is 14.9. The molecule has 0 radical (unpaired) electrons. The lowest BCUT2D eigenvalue weighted by atomic mass is 10.2. The number of carbonyl (C=O) groups excluding carboxylic acids is 1. The number of halogens is 3. The van der Waals surface area contributed by atoms with Crippen LogP contribution in [0.4, 0.5) is 24.7 Å². The summed E-state index contributed by atoms with van der Waals surface area (Å²) in [5.41, 5.74) is -2.10. The Morgan fingerprint density at radius 2 is 1.97 bits per heavy atom. The second-order valence-corrected chi connectivity index (χ2v) is 8.42. The molecule has 1 aliphatic heterocycles. The van der Waals surface area contributed by atoms with Crippen LogP contribution in [-0.4, -0.2) is 62.8 Å². The standard InChI is InChI=1S/C23H23F3N8O2/c1-15(30-18-12-29-31-21(35)20(18)23(24,25)26)13-32-5-4-17(14-32)22(36)34-8-6-33(7-9-34)19-3-2-16(10-27)11-28-19/h2-5,11-12,14-15H,6-9,13H2,1H3,(H2,30,31,35)/t15-/m0/s1. The number of piperazine rings is 1. The van der Waals surface area contributed by atoms with Gasteiger partial charge in [-0.3, -0.25) is 9.59 Å². The number of hydrogen-bond acceptors (Lipinski definition) is 7. The number of hydrogen-bond donors (Lipinski definition) is 2. The fourth-order valence-corrected chi connectivity index (χ4v) is 4.06. The first-order chi connectivity index (χ1) is 17.2. The highest BCUT2D eigenvalue weighted by Gasteiger charge is 2.37. The Bertz CT molecular complexity index is 1320. The van der Waals surface area contributed by atoms with Gasteiger partial charge >= 0.3 is 6.18 Å². The molecule has 36 heavy (non-hydrogen) atoms. The quantitative estimate of drug-likeness (QED) is 0.533. The van der Waals surface area contributed by atoms with E-state index < -0.39 is 29.0 Å². The zero-order valence-corrected chi connectivity index (χ0v) is 19.3. The Hall–Kier alpha value is -4.34. The predicted molar refractivity (Wildman–Crippen MR) is 124 cm³/mol. The lowest BCUT2D eigenvalue weighted by molar-refractivity contribution is -0.138. The molecule has 3 aromatic rings. The van der Waals surface area contributed by atoms with Crippen molar-refractivity contribution < 1.29 is 18.0 Å². The van der Waals surface area contributed by atoms with E-state index in [1.165, 1.54) is 6.20 Å². The lowest BCUT2D eigenvalue weighted by Gasteiger charge is -2.35. The molecule has 10 nitrogen and oxygen atoms in total. The summed E-state index contributed by atoms with van der Waals surface area (Å²) < 4.78 is 41.5. The Labute approximate surface area is 204 Å². The maximum Gasteiger partial charge on any atom is 0.423 e. The average Bonchev–Trinajstić information content (AvgIpc) is 3.31. The van der Waals surface area contributed by atoms with Crippen LogP contribution >= 0.6 is 0 Å². The molecule has 1 aliphatic rings. The smallest absolute Gasteiger partial charge is 0.379 e. The molecule has 1 saturated heterocycles. The van der Waals surface area contributed by atoms with E-state index in [9.17, 15) is 22.8 Å². The van der Waals surface area contributed by atoms with Gasteiger partial charge in [0, 0.05) is 57.4 Å². The van der Waals surface area contributed by atoms with Gasteiger partial charge in [-0.2, -0.15) is 23.5 Å². The van der Waals surface area contributed by atoms with E-state index in [1.807, 2.05) is 11.0 Å². The number of alkyl halides is 3. The molecule has 3 aromatic heterocycles. The first kappa shape index (κ1) is 24.8. The molecule has 0 bridgehead atoms. The molecular formula is C23H23F3N8O2. The Balaban J connectivity index is 1.34. The Morgan fingerprint density at radius 3 is 2.61 bits per heavy atom. The number of H-pyrrole nitrogens is 1. The minimum absolute atomic E-state index is 0.139. The van der Waals surface area contributed by atoms with E-state index in [0.717, 1.165) is 12.0 Å². The number of anilines is 2. The SMILES string of the molecule is C[C@@H](Cn1ccc(C(=O)N2CCN(c3ccc(C#N)cn3)CC2)c1)Nc1cn[nH]c(=O)c1C(F)(F)F. The van der Waals surface area contributed by atoms with Crippen molar-refractivity contribution in [3.63, 3.8) is 0 Å². The Morgan fingerprint density at radius 1 is 1.22 bits per heavy atom. The van der Waals surface area contributed by atoms with Crippen molar-refractivity contribution in [3.05, 3.63) is 70.0 Å². The fraction of sp³-hybridized carbons (Fsp3) is 0.348. The molecule has 0 spiro atoms. The van der Waals surface area contributed by atoms with Gasteiger partial charge in [0.15, 0.2) is 0 Å². The van der Waals surface area contributed by atoms with Crippen molar-refractivity contribution in [1.82, 2.24) is 24.6 Å². The van der Waals surface area contributed by atoms with E-state index in [4.69, 9.17) is 5.26 Å². The summed E-state index contributed by atoms with van der Waals surface area (Å²) in [6, 6.07) is 6.69. The number of aromatic amines is 1. The minimum atomic E-state index is -4.83. The number of aromatic nitrogens is 4. The molecule has 188 valence electrons. The molecule has 13 heteroatoms. The zero-order chi connectivity index (χ0) is 25.9. The molecule has 1 amide bonds. The minimum Gasteiger partial charge on any atom is -0.379 e. The van der Waals surface area contributed by atoms with Gasteiger partial charge in [-0.15, -0.1) is 0 Å². The molecule has 4 rings (SSSR count). The lowest BCUT2D eigenvalue weighted by Crippen LogP contribution is -2.49. The van der Waals surface area contributed by atoms with Crippen molar-refractivity contribution in [2.75, 3.05) is 36.4 Å². The highest BCUT2D eigenvalue weighted by atomic mass is 19.4. The van der Waals surface area contributed by atoms with Crippen molar-refractivity contribution in [1.29, 1.82) is 5.26 Å². The van der Waals surface area contributed by atoms with Crippen LogP contribution in [0.15, 0.2) is 47.8 Å². The van der Waals surface area contributed by atoms with Crippen LogP contribution in [0.25, 0.3) is 0 Å². The van der Waals surface area contributed by atoms with Crippen LogP contribution in [0.1, 0.15) is 28.4 Å². The van der Waals surface area contributed by atoms with Gasteiger partial charge in [0.25, 0.3) is 11.5 Å². The summed E-state index contributed by atoms with van der Waals surface area (Å²) >= 11 is 0. The van der Waals surface area contributed by atoms with Gasteiger partial charge in [0.2, 0.25) is 0 Å². The molecule has 0 aliphatic carbocycles. The molecule has 2 N–H and O–H groups in total. The second kappa shape index (κ2) is 10.1. The number of nitrogens with one attached hydrogen (secondary N) is 2. The van der Waals surface area contributed by atoms with E-state index in [1.54, 1.807) is 52.1 Å². The summed E-state index contributed by atoms with van der Waals surface area (Å²) in [6.45, 7) is 4.11. The third-order valence-corrected chi connectivity index (χ3v) is 5.79.